The van der Waals surface area contributed by atoms with E-state index >= 15 is 0 Å². The zero-order valence-corrected chi connectivity index (χ0v) is 19.0. The highest BCUT2D eigenvalue weighted by molar-refractivity contribution is 6.31. The molecule has 0 bridgehead atoms. The highest BCUT2D eigenvalue weighted by Crippen LogP contribution is 2.25. The Morgan fingerprint density at radius 2 is 1.40 bits per heavy atom. The number of nitrogens with one attached hydrogen (secondary N) is 1. The van der Waals surface area contributed by atoms with E-state index in [1.165, 1.54) is 27.8 Å². The maximum absolute atomic E-state index is 5.98. The van der Waals surface area contributed by atoms with Crippen molar-refractivity contribution >= 4 is 31.0 Å². The van der Waals surface area contributed by atoms with E-state index in [0.717, 1.165) is 22.3 Å². The third-order valence-electron chi connectivity index (χ3n) is 5.24. The van der Waals surface area contributed by atoms with Crippen molar-refractivity contribution in [3.63, 3.8) is 0 Å². The van der Waals surface area contributed by atoms with Crippen molar-refractivity contribution in [2.75, 3.05) is 0 Å². The van der Waals surface area contributed by atoms with Gasteiger partial charge < -0.3 is 4.98 Å². The van der Waals surface area contributed by atoms with E-state index in [2.05, 4.69) is 62.0 Å². The first kappa shape index (κ1) is 22.2. The zero-order valence-electron chi connectivity index (χ0n) is 17.5. The van der Waals surface area contributed by atoms with Crippen molar-refractivity contribution in [3.8, 4) is 0 Å². The molecule has 4 rings (SSSR count). The van der Waals surface area contributed by atoms with E-state index in [0.29, 0.717) is 5.82 Å². The summed E-state index contributed by atoms with van der Waals surface area (Å²) in [5, 5.41) is 1.54. The average molecular weight is 435 g/mol. The topological polar surface area (TPSA) is 28.7 Å². The molecule has 152 valence electrons. The van der Waals surface area contributed by atoms with Gasteiger partial charge >= 0.3 is 0 Å². The third-order valence-corrected chi connectivity index (χ3v) is 5.71. The van der Waals surface area contributed by atoms with Gasteiger partial charge in [0, 0.05) is 28.9 Å². The quantitative estimate of drug-likeness (QED) is 0.373. The average Bonchev–Trinajstić information content (AvgIpc) is 3.24. The second-order valence-corrected chi connectivity index (χ2v) is 8.29. The van der Waals surface area contributed by atoms with Gasteiger partial charge in [0.15, 0.2) is 0 Å². The number of hydrogen-bond acceptors (Lipinski definition) is 1. The zero-order chi connectivity index (χ0) is 21.5. The number of nitrogens with zero attached hydrogens (tertiary/aromatic N) is 1. The fraction of sp³-hybridized carbons (Fsp3) is 0.160. The van der Waals surface area contributed by atoms with Crippen LogP contribution in [0.15, 0.2) is 79.1 Å². The first-order valence-electron chi connectivity index (χ1n) is 9.98. The fourth-order valence-electron chi connectivity index (χ4n) is 3.43. The molecule has 0 aliphatic rings. The number of imidazole rings is 1. The molecule has 0 radical (unpaired) electrons. The first-order valence-corrected chi connectivity index (χ1v) is 10.7. The van der Waals surface area contributed by atoms with Gasteiger partial charge in [0.05, 0.1) is 0 Å². The largest absolute Gasteiger partial charge is 0.348 e. The van der Waals surface area contributed by atoms with Crippen LogP contribution in [0.1, 0.15) is 39.5 Å². The van der Waals surface area contributed by atoms with Crippen LogP contribution in [-0.2, 0) is 6.42 Å². The highest BCUT2D eigenvalue weighted by atomic mass is 35.5. The number of rotatable bonds is 4. The molecule has 1 heterocycles. The molecule has 0 saturated heterocycles. The smallest absolute Gasteiger partial charge is 0.116 e. The molecule has 0 unspecified atom stereocenters. The standard InChI is InChI=1S/C13H11BCl2.C12H14N2/c14-13(9-3-1-5-11(15)7-9)10-4-2-6-12(16)8-10;1-9-4-3-5-10(2)11(9)8-12-13-6-7-14-12/h1-8,13H,14H2;3-7H,8H2,1-2H3,(H,13,14). The minimum Gasteiger partial charge on any atom is -0.348 e. The number of aryl methyl sites for hydroxylation is 2. The van der Waals surface area contributed by atoms with E-state index in [1.54, 1.807) is 6.20 Å². The van der Waals surface area contributed by atoms with Gasteiger partial charge in [0.2, 0.25) is 0 Å². The predicted octanol–water partition coefficient (Wildman–Crippen LogP) is 6.33. The molecule has 1 N–H and O–H groups in total. The molecule has 3 aromatic carbocycles. The summed E-state index contributed by atoms with van der Waals surface area (Å²) in [5.74, 6) is 1.33. The van der Waals surface area contributed by atoms with E-state index < -0.39 is 0 Å². The van der Waals surface area contributed by atoms with Gasteiger partial charge in [-0.2, -0.15) is 0 Å². The van der Waals surface area contributed by atoms with Crippen molar-refractivity contribution in [1.29, 1.82) is 0 Å². The minimum atomic E-state index is 0.303. The van der Waals surface area contributed by atoms with Crippen LogP contribution < -0.4 is 0 Å². The summed E-state index contributed by atoms with van der Waals surface area (Å²) in [5.41, 5.74) is 6.45. The molecule has 30 heavy (non-hydrogen) atoms. The Hall–Kier alpha value is -2.49. The van der Waals surface area contributed by atoms with Gasteiger partial charge in [-0.1, -0.05) is 65.7 Å². The lowest BCUT2D eigenvalue weighted by Gasteiger charge is -2.13. The molecule has 0 spiro atoms. The summed E-state index contributed by atoms with van der Waals surface area (Å²) in [6, 6.07) is 22.2. The number of hydrogen-bond donors (Lipinski definition) is 1. The summed E-state index contributed by atoms with van der Waals surface area (Å²) in [7, 11) is 2.15. The number of benzene rings is 3. The lowest BCUT2D eigenvalue weighted by atomic mass is 9.76. The summed E-state index contributed by atoms with van der Waals surface area (Å²) >= 11 is 12.0. The Labute approximate surface area is 189 Å². The first-order chi connectivity index (χ1) is 14.4. The van der Waals surface area contributed by atoms with Crippen molar-refractivity contribution in [3.05, 3.63) is 123 Å². The lowest BCUT2D eigenvalue weighted by molar-refractivity contribution is 1.00. The molecule has 0 aliphatic carbocycles. The van der Waals surface area contributed by atoms with Crippen LogP contribution in [-0.4, -0.2) is 17.8 Å². The molecule has 1 aromatic heterocycles. The fourth-order valence-corrected chi connectivity index (χ4v) is 3.83. The van der Waals surface area contributed by atoms with Crippen LogP contribution in [0.4, 0.5) is 0 Å². The van der Waals surface area contributed by atoms with E-state index in [-0.39, 0.29) is 0 Å². The van der Waals surface area contributed by atoms with Crippen LogP contribution >= 0.6 is 23.2 Å². The number of aromatic nitrogens is 2. The summed E-state index contributed by atoms with van der Waals surface area (Å²) in [4.78, 5) is 7.37. The number of H-pyrrole nitrogens is 1. The Kier molecular flexibility index (Phi) is 7.78. The van der Waals surface area contributed by atoms with Crippen molar-refractivity contribution in [1.82, 2.24) is 9.97 Å². The maximum atomic E-state index is 5.98. The van der Waals surface area contributed by atoms with Gasteiger partial charge in [-0.15, -0.1) is 0 Å². The second kappa shape index (κ2) is 10.5. The van der Waals surface area contributed by atoms with E-state index in [9.17, 15) is 0 Å². The van der Waals surface area contributed by atoms with E-state index in [4.69, 9.17) is 23.2 Å². The van der Waals surface area contributed by atoms with Crippen LogP contribution in [0.5, 0.6) is 0 Å². The van der Waals surface area contributed by atoms with Gasteiger partial charge in [-0.05, 0) is 71.7 Å². The van der Waals surface area contributed by atoms with Crippen LogP contribution in [0, 0.1) is 13.8 Å². The molecular weight excluding hydrogens is 410 g/mol. The molecule has 2 nitrogen and oxygen atoms in total. The number of aromatic amines is 1. The predicted molar refractivity (Wildman–Crippen MR) is 131 cm³/mol. The van der Waals surface area contributed by atoms with Crippen LogP contribution in [0.3, 0.4) is 0 Å². The molecule has 0 saturated carbocycles. The normalized spacial score (nSPS) is 10.6. The van der Waals surface area contributed by atoms with Crippen molar-refractivity contribution < 1.29 is 0 Å². The SMILES string of the molecule is BC(c1cccc(Cl)c1)c1cccc(Cl)c1.Cc1cccc(C)c1Cc1ncc[nH]1. The van der Waals surface area contributed by atoms with Crippen LogP contribution in [0.2, 0.25) is 10.0 Å². The van der Waals surface area contributed by atoms with Gasteiger partial charge in [-0.25, -0.2) is 4.98 Å². The van der Waals surface area contributed by atoms with Gasteiger partial charge in [-0.3, -0.25) is 0 Å². The molecule has 0 aliphatic heterocycles. The van der Waals surface area contributed by atoms with Gasteiger partial charge in [0.1, 0.15) is 13.7 Å². The second-order valence-electron chi connectivity index (χ2n) is 7.41. The van der Waals surface area contributed by atoms with E-state index in [1.807, 2.05) is 42.6 Å². The Balaban J connectivity index is 0.000000172. The Morgan fingerprint density at radius 1 is 0.867 bits per heavy atom. The minimum absolute atomic E-state index is 0.303. The monoisotopic (exact) mass is 434 g/mol. The highest BCUT2D eigenvalue weighted by Gasteiger charge is 2.09. The van der Waals surface area contributed by atoms with Crippen molar-refractivity contribution in [2.24, 2.45) is 0 Å². The summed E-state index contributed by atoms with van der Waals surface area (Å²) in [6.07, 6.45) is 4.55. The third kappa shape index (κ3) is 6.01. The maximum Gasteiger partial charge on any atom is 0.116 e. The Morgan fingerprint density at radius 3 is 1.87 bits per heavy atom. The Bertz CT molecular complexity index is 1030. The molecule has 4 aromatic rings. The van der Waals surface area contributed by atoms with Crippen LogP contribution in [0.25, 0.3) is 0 Å². The molecule has 0 amide bonds. The molecular formula is C25H25BCl2N2. The summed E-state index contributed by atoms with van der Waals surface area (Å²) < 4.78 is 0. The molecule has 0 fully saturated rings. The summed E-state index contributed by atoms with van der Waals surface area (Å²) in [6.45, 7) is 4.29. The number of halogens is 2. The molecule has 5 heteroatoms. The van der Waals surface area contributed by atoms with Gasteiger partial charge in [0.25, 0.3) is 0 Å². The lowest BCUT2D eigenvalue weighted by Crippen LogP contribution is -2.00. The van der Waals surface area contributed by atoms with Crippen molar-refractivity contribution in [2.45, 2.75) is 26.1 Å². The molecule has 0 atom stereocenters.